The van der Waals surface area contributed by atoms with Gasteiger partial charge in [0.15, 0.2) is 0 Å². The standard InChI is InChI=1S/C18H12FN3O4S2/c19-13-5-1-2-6-14(13)21-28(25,26)15-8-7-11(27-15)10-22-17(23)12-4-3-9-20-16(12)18(22)24/h1-9,21H,10H2. The van der Waals surface area contributed by atoms with Crippen LogP contribution in [0.3, 0.4) is 0 Å². The van der Waals surface area contributed by atoms with Gasteiger partial charge in [-0.05, 0) is 36.4 Å². The first-order valence-electron chi connectivity index (χ1n) is 8.04. The van der Waals surface area contributed by atoms with Gasteiger partial charge in [0.05, 0.1) is 17.8 Å². The van der Waals surface area contributed by atoms with Crippen molar-refractivity contribution in [1.82, 2.24) is 9.88 Å². The monoisotopic (exact) mass is 417 g/mol. The lowest BCUT2D eigenvalue weighted by Crippen LogP contribution is -2.28. The number of nitrogens with one attached hydrogen (secondary N) is 1. The van der Waals surface area contributed by atoms with E-state index in [0.717, 1.165) is 22.3 Å². The van der Waals surface area contributed by atoms with E-state index in [-0.39, 0.29) is 27.7 Å². The summed E-state index contributed by atoms with van der Waals surface area (Å²) in [5.74, 6) is -1.69. The fourth-order valence-electron chi connectivity index (χ4n) is 2.74. The number of para-hydroxylation sites is 1. The molecule has 2 aromatic heterocycles. The second kappa shape index (κ2) is 6.80. The van der Waals surface area contributed by atoms with Gasteiger partial charge in [-0.1, -0.05) is 12.1 Å². The smallest absolute Gasteiger partial charge is 0.276 e. The molecule has 10 heteroatoms. The Hall–Kier alpha value is -3.11. The number of hydrogen-bond acceptors (Lipinski definition) is 6. The van der Waals surface area contributed by atoms with Gasteiger partial charge in [-0.2, -0.15) is 0 Å². The van der Waals surface area contributed by atoms with Crippen LogP contribution in [-0.2, 0) is 16.6 Å². The third kappa shape index (κ3) is 3.16. The molecule has 0 fully saturated rings. The maximum Gasteiger partial charge on any atom is 0.280 e. The van der Waals surface area contributed by atoms with Crippen LogP contribution < -0.4 is 4.72 Å². The van der Waals surface area contributed by atoms with Gasteiger partial charge in [-0.3, -0.25) is 24.2 Å². The molecule has 0 saturated heterocycles. The van der Waals surface area contributed by atoms with Crippen LogP contribution in [0.1, 0.15) is 25.7 Å². The number of aromatic nitrogens is 1. The van der Waals surface area contributed by atoms with Crippen LogP contribution >= 0.6 is 11.3 Å². The van der Waals surface area contributed by atoms with E-state index in [9.17, 15) is 22.4 Å². The Morgan fingerprint density at radius 1 is 1.04 bits per heavy atom. The Morgan fingerprint density at radius 3 is 2.57 bits per heavy atom. The van der Waals surface area contributed by atoms with E-state index in [1.165, 1.54) is 42.6 Å². The van der Waals surface area contributed by atoms with Crippen LogP contribution in [0.5, 0.6) is 0 Å². The Balaban J connectivity index is 1.55. The summed E-state index contributed by atoms with van der Waals surface area (Å²) < 4.78 is 40.8. The molecule has 0 saturated carbocycles. The van der Waals surface area contributed by atoms with Gasteiger partial charge >= 0.3 is 0 Å². The average molecular weight is 417 g/mol. The number of halogens is 1. The average Bonchev–Trinajstić information content (AvgIpc) is 3.24. The summed E-state index contributed by atoms with van der Waals surface area (Å²) in [7, 11) is -4.00. The zero-order valence-electron chi connectivity index (χ0n) is 14.1. The molecule has 0 atom stereocenters. The van der Waals surface area contributed by atoms with Crippen LogP contribution in [0.2, 0.25) is 0 Å². The van der Waals surface area contributed by atoms with Crippen molar-refractivity contribution in [3.05, 3.63) is 76.7 Å². The van der Waals surface area contributed by atoms with Crippen LogP contribution in [0.25, 0.3) is 0 Å². The zero-order valence-corrected chi connectivity index (χ0v) is 15.8. The molecule has 1 aromatic carbocycles. The molecule has 3 heterocycles. The summed E-state index contributed by atoms with van der Waals surface area (Å²) in [6.07, 6.45) is 1.43. The molecule has 3 aromatic rings. The molecule has 2 amide bonds. The number of rotatable bonds is 5. The number of imide groups is 1. The number of sulfonamides is 1. The number of nitrogens with zero attached hydrogens (tertiary/aromatic N) is 2. The van der Waals surface area contributed by atoms with Crippen LogP contribution in [0.4, 0.5) is 10.1 Å². The summed E-state index contributed by atoms with van der Waals surface area (Å²) in [5, 5.41) is 0. The maximum absolute atomic E-state index is 13.7. The number of thiophene rings is 1. The van der Waals surface area contributed by atoms with Crippen molar-refractivity contribution < 1.29 is 22.4 Å². The van der Waals surface area contributed by atoms with E-state index in [1.54, 1.807) is 6.07 Å². The summed E-state index contributed by atoms with van der Waals surface area (Å²) in [5.41, 5.74) is 0.139. The molecule has 4 rings (SSSR count). The number of fused-ring (bicyclic) bond motifs is 1. The topological polar surface area (TPSA) is 96.4 Å². The van der Waals surface area contributed by atoms with Gasteiger partial charge in [-0.15, -0.1) is 11.3 Å². The van der Waals surface area contributed by atoms with E-state index >= 15 is 0 Å². The quantitative estimate of drug-likeness (QED) is 0.644. The molecule has 0 aliphatic carbocycles. The highest BCUT2D eigenvalue weighted by molar-refractivity contribution is 7.94. The van der Waals surface area contributed by atoms with Gasteiger partial charge in [0.1, 0.15) is 15.7 Å². The second-order valence-electron chi connectivity index (χ2n) is 5.90. The van der Waals surface area contributed by atoms with Gasteiger partial charge in [-0.25, -0.2) is 12.8 Å². The number of pyridine rings is 1. The summed E-state index contributed by atoms with van der Waals surface area (Å²) >= 11 is 0.895. The van der Waals surface area contributed by atoms with Crippen molar-refractivity contribution in [2.24, 2.45) is 0 Å². The van der Waals surface area contributed by atoms with Crippen LogP contribution in [0, 0.1) is 5.82 Å². The van der Waals surface area contributed by atoms with E-state index in [4.69, 9.17) is 0 Å². The third-order valence-corrected chi connectivity index (χ3v) is 6.99. The minimum absolute atomic E-state index is 0.0551. The van der Waals surface area contributed by atoms with Crippen molar-refractivity contribution >= 4 is 38.9 Å². The lowest BCUT2D eigenvalue weighted by atomic mass is 10.2. The molecular formula is C18H12FN3O4S2. The lowest BCUT2D eigenvalue weighted by Gasteiger charge is -2.11. The Kier molecular flexibility index (Phi) is 4.44. The molecule has 28 heavy (non-hydrogen) atoms. The first-order chi connectivity index (χ1) is 13.4. The van der Waals surface area contributed by atoms with Gasteiger partial charge < -0.3 is 0 Å². The first kappa shape index (κ1) is 18.3. The number of carbonyl (C=O) groups is 2. The zero-order chi connectivity index (χ0) is 19.9. The molecule has 1 aliphatic heterocycles. The van der Waals surface area contributed by atoms with Gasteiger partial charge in [0.25, 0.3) is 21.8 Å². The third-order valence-electron chi connectivity index (χ3n) is 4.06. The van der Waals surface area contributed by atoms with Crippen molar-refractivity contribution in [2.45, 2.75) is 10.8 Å². The predicted molar refractivity (Wildman–Crippen MR) is 100.0 cm³/mol. The van der Waals surface area contributed by atoms with Crippen molar-refractivity contribution in [3.8, 4) is 0 Å². The number of hydrogen-bond donors (Lipinski definition) is 1. The van der Waals surface area contributed by atoms with E-state index < -0.39 is 27.7 Å². The predicted octanol–water partition coefficient (Wildman–Crippen LogP) is 2.88. The molecule has 0 unspecified atom stereocenters. The molecule has 1 aliphatic rings. The number of benzene rings is 1. The summed E-state index contributed by atoms with van der Waals surface area (Å²) in [4.78, 5) is 30.2. The van der Waals surface area contributed by atoms with Crippen LogP contribution in [-0.4, -0.2) is 30.1 Å². The van der Waals surface area contributed by atoms with Gasteiger partial charge in [0.2, 0.25) is 0 Å². The largest absolute Gasteiger partial charge is 0.280 e. The minimum Gasteiger partial charge on any atom is -0.276 e. The fourth-order valence-corrected chi connectivity index (χ4v) is 5.15. The number of carbonyl (C=O) groups excluding carboxylic acids is 2. The van der Waals surface area contributed by atoms with Crippen molar-refractivity contribution in [3.63, 3.8) is 0 Å². The minimum atomic E-state index is -4.00. The fraction of sp³-hybridized carbons (Fsp3) is 0.0556. The summed E-state index contributed by atoms with van der Waals surface area (Å²) in [6, 6.07) is 11.4. The van der Waals surface area contributed by atoms with E-state index in [1.807, 2.05) is 0 Å². The molecule has 0 bridgehead atoms. The molecule has 1 N–H and O–H groups in total. The van der Waals surface area contributed by atoms with E-state index in [2.05, 4.69) is 9.71 Å². The van der Waals surface area contributed by atoms with Gasteiger partial charge in [0, 0.05) is 11.1 Å². The summed E-state index contributed by atoms with van der Waals surface area (Å²) in [6.45, 7) is -0.0755. The molecule has 0 spiro atoms. The normalized spacial score (nSPS) is 13.7. The Labute approximate surface area is 163 Å². The highest BCUT2D eigenvalue weighted by Crippen LogP contribution is 2.28. The van der Waals surface area contributed by atoms with Crippen molar-refractivity contribution in [2.75, 3.05) is 4.72 Å². The molecule has 7 nitrogen and oxygen atoms in total. The maximum atomic E-state index is 13.7. The molecular weight excluding hydrogens is 405 g/mol. The van der Waals surface area contributed by atoms with Crippen molar-refractivity contribution in [1.29, 1.82) is 0 Å². The highest BCUT2D eigenvalue weighted by atomic mass is 32.2. The highest BCUT2D eigenvalue weighted by Gasteiger charge is 2.36. The van der Waals surface area contributed by atoms with E-state index in [0.29, 0.717) is 4.88 Å². The number of amides is 2. The lowest BCUT2D eigenvalue weighted by molar-refractivity contribution is 0.0642. The SMILES string of the molecule is O=C1c2cccnc2C(=O)N1Cc1ccc(S(=O)(=O)Nc2ccccc2F)s1. The Morgan fingerprint density at radius 2 is 1.82 bits per heavy atom. The first-order valence-corrected chi connectivity index (χ1v) is 10.3. The Bertz CT molecular complexity index is 1170. The number of anilines is 1. The molecule has 0 radical (unpaired) electrons. The molecule has 142 valence electrons. The second-order valence-corrected chi connectivity index (χ2v) is 8.98. The van der Waals surface area contributed by atoms with Crippen LogP contribution in [0.15, 0.2) is 58.9 Å².